The molecule has 1 fully saturated rings. The van der Waals surface area contributed by atoms with Crippen molar-refractivity contribution in [2.75, 3.05) is 13.1 Å². The Morgan fingerprint density at radius 1 is 1.25 bits per heavy atom. The molecule has 0 aliphatic carbocycles. The molecule has 10 heteroatoms. The second-order valence-electron chi connectivity index (χ2n) is 6.73. The van der Waals surface area contributed by atoms with Gasteiger partial charge in [-0.2, -0.15) is 18.3 Å². The summed E-state index contributed by atoms with van der Waals surface area (Å²) in [6, 6.07) is 4.62. The number of rotatable bonds is 3. The first kappa shape index (κ1) is 19.0. The maximum Gasteiger partial charge on any atom is 0.416 e. The summed E-state index contributed by atoms with van der Waals surface area (Å²) in [5.41, 5.74) is 0.874. The van der Waals surface area contributed by atoms with Gasteiger partial charge in [-0.1, -0.05) is 11.8 Å². The molecule has 4 rings (SSSR count). The van der Waals surface area contributed by atoms with E-state index in [1.54, 1.807) is 22.3 Å². The van der Waals surface area contributed by atoms with E-state index in [2.05, 4.69) is 20.6 Å². The molecule has 0 spiro atoms. The first-order chi connectivity index (χ1) is 13.3. The van der Waals surface area contributed by atoms with E-state index in [1.165, 1.54) is 6.07 Å². The van der Waals surface area contributed by atoms with Crippen LogP contribution in [0.25, 0.3) is 16.8 Å². The lowest BCUT2D eigenvalue weighted by Crippen LogP contribution is -2.31. The highest BCUT2D eigenvalue weighted by molar-refractivity contribution is 7.99. The van der Waals surface area contributed by atoms with Crippen LogP contribution in [0.1, 0.15) is 24.1 Å². The number of aromatic hydroxyl groups is 1. The van der Waals surface area contributed by atoms with Crippen LogP contribution in [0, 0.1) is 6.92 Å². The highest BCUT2D eigenvalue weighted by Crippen LogP contribution is 2.38. The zero-order valence-electron chi connectivity index (χ0n) is 15.0. The molecular weight excluding hydrogens is 391 g/mol. The van der Waals surface area contributed by atoms with Gasteiger partial charge < -0.3 is 10.4 Å². The molecular formula is C18H18F3N5OS. The summed E-state index contributed by atoms with van der Waals surface area (Å²) in [6.45, 7) is 3.70. The van der Waals surface area contributed by atoms with Gasteiger partial charge in [0.1, 0.15) is 11.4 Å². The van der Waals surface area contributed by atoms with Gasteiger partial charge >= 0.3 is 6.18 Å². The number of benzene rings is 1. The maximum atomic E-state index is 12.9. The van der Waals surface area contributed by atoms with Gasteiger partial charge in [-0.05, 0) is 50.6 Å². The van der Waals surface area contributed by atoms with Crippen LogP contribution >= 0.6 is 11.8 Å². The predicted molar refractivity (Wildman–Crippen MR) is 99.4 cm³/mol. The molecule has 0 saturated carbocycles. The van der Waals surface area contributed by atoms with Gasteiger partial charge in [0, 0.05) is 17.4 Å². The summed E-state index contributed by atoms with van der Waals surface area (Å²) < 4.78 is 40.3. The van der Waals surface area contributed by atoms with Crippen molar-refractivity contribution in [2.24, 2.45) is 0 Å². The molecule has 6 nitrogen and oxygen atoms in total. The summed E-state index contributed by atoms with van der Waals surface area (Å²) in [5, 5.41) is 27.4. The van der Waals surface area contributed by atoms with Crippen LogP contribution < -0.4 is 5.32 Å². The van der Waals surface area contributed by atoms with Gasteiger partial charge in [0.2, 0.25) is 5.16 Å². The standard InChI is InChI=1S/C18H18F3N5OS/c1-10-7-14-16(13-5-4-11(8-15(13)27)18(19,20)21)23-24-17(26(14)25-10)28-12-3-2-6-22-9-12/h4-5,7-8,12,22,27H,2-3,6,9H2,1H3/t12-/m1/s1. The van der Waals surface area contributed by atoms with E-state index in [-0.39, 0.29) is 11.3 Å². The van der Waals surface area contributed by atoms with Crippen LogP contribution in [0.3, 0.4) is 0 Å². The van der Waals surface area contributed by atoms with Gasteiger partial charge in [0.25, 0.3) is 0 Å². The van der Waals surface area contributed by atoms with Crippen molar-refractivity contribution in [3.05, 3.63) is 35.5 Å². The summed E-state index contributed by atoms with van der Waals surface area (Å²) in [5.74, 6) is -0.498. The molecule has 0 unspecified atom stereocenters. The molecule has 2 N–H and O–H groups in total. The Hall–Kier alpha value is -2.33. The molecule has 0 bridgehead atoms. The Morgan fingerprint density at radius 2 is 2.07 bits per heavy atom. The van der Waals surface area contributed by atoms with Crippen LogP contribution in [0.15, 0.2) is 29.4 Å². The topological polar surface area (TPSA) is 75.3 Å². The van der Waals surface area contributed by atoms with Crippen molar-refractivity contribution >= 4 is 17.3 Å². The third-order valence-electron chi connectivity index (χ3n) is 4.59. The smallest absolute Gasteiger partial charge is 0.416 e. The number of thioether (sulfide) groups is 1. The van der Waals surface area contributed by atoms with Crippen LogP contribution in [-0.4, -0.2) is 43.3 Å². The molecule has 3 aromatic rings. The molecule has 0 amide bonds. The monoisotopic (exact) mass is 409 g/mol. The third-order valence-corrected chi connectivity index (χ3v) is 5.80. The minimum atomic E-state index is -4.53. The lowest BCUT2D eigenvalue weighted by Gasteiger charge is -2.21. The number of fused-ring (bicyclic) bond motifs is 1. The molecule has 2 aromatic heterocycles. The molecule has 1 aliphatic heterocycles. The van der Waals surface area contributed by atoms with Crippen LogP contribution in [0.5, 0.6) is 5.75 Å². The predicted octanol–water partition coefficient (Wildman–Crippen LogP) is 3.67. The highest BCUT2D eigenvalue weighted by Gasteiger charge is 2.31. The molecule has 148 valence electrons. The van der Waals surface area contributed by atoms with E-state index >= 15 is 0 Å². The van der Waals surface area contributed by atoms with Gasteiger partial charge in [-0.3, -0.25) is 0 Å². The summed E-state index contributed by atoms with van der Waals surface area (Å²) >= 11 is 1.57. The third kappa shape index (κ3) is 3.66. The Labute approximate surface area is 163 Å². The quantitative estimate of drug-likeness (QED) is 0.688. The molecule has 3 heterocycles. The number of aromatic nitrogens is 4. The normalized spacial score (nSPS) is 17.9. The molecule has 1 atom stereocenters. The molecule has 28 heavy (non-hydrogen) atoms. The highest BCUT2D eigenvalue weighted by atomic mass is 32.2. The van der Waals surface area contributed by atoms with E-state index in [1.807, 2.05) is 6.92 Å². The van der Waals surface area contributed by atoms with Crippen molar-refractivity contribution in [1.29, 1.82) is 0 Å². The molecule has 1 saturated heterocycles. The number of hydrogen-bond donors (Lipinski definition) is 2. The second kappa shape index (κ2) is 7.25. The average molecular weight is 409 g/mol. The molecule has 1 aliphatic rings. The van der Waals surface area contributed by atoms with E-state index < -0.39 is 17.5 Å². The number of hydrogen-bond acceptors (Lipinski definition) is 6. The Morgan fingerprint density at radius 3 is 2.75 bits per heavy atom. The van der Waals surface area contributed by atoms with E-state index in [0.717, 1.165) is 37.7 Å². The van der Waals surface area contributed by atoms with Gasteiger partial charge in [-0.25, -0.2) is 4.52 Å². The number of phenolic OH excluding ortho intramolecular Hbond substituents is 1. The first-order valence-corrected chi connectivity index (χ1v) is 9.72. The number of alkyl halides is 3. The summed E-state index contributed by atoms with van der Waals surface area (Å²) in [4.78, 5) is 0. The molecule has 0 radical (unpaired) electrons. The van der Waals surface area contributed by atoms with Crippen LogP contribution in [0.2, 0.25) is 0 Å². The Kier molecular flexibility index (Phi) is 4.92. The van der Waals surface area contributed by atoms with Gasteiger partial charge in [0.05, 0.1) is 16.8 Å². The van der Waals surface area contributed by atoms with Crippen LogP contribution in [0.4, 0.5) is 13.2 Å². The lowest BCUT2D eigenvalue weighted by atomic mass is 10.1. The van der Waals surface area contributed by atoms with E-state index in [0.29, 0.717) is 22.0 Å². The number of nitrogens with zero attached hydrogens (tertiary/aromatic N) is 4. The van der Waals surface area contributed by atoms with E-state index in [4.69, 9.17) is 0 Å². The van der Waals surface area contributed by atoms with Crippen molar-refractivity contribution in [3.8, 4) is 17.0 Å². The fraction of sp³-hybridized carbons (Fsp3) is 0.389. The largest absolute Gasteiger partial charge is 0.507 e. The van der Waals surface area contributed by atoms with Gasteiger partial charge in [-0.15, -0.1) is 10.2 Å². The number of phenols is 1. The minimum absolute atomic E-state index is 0.182. The zero-order chi connectivity index (χ0) is 19.9. The first-order valence-electron chi connectivity index (χ1n) is 8.84. The summed E-state index contributed by atoms with van der Waals surface area (Å²) in [7, 11) is 0. The summed E-state index contributed by atoms with van der Waals surface area (Å²) in [6.07, 6.45) is -2.38. The van der Waals surface area contributed by atoms with Crippen LogP contribution in [-0.2, 0) is 6.18 Å². The van der Waals surface area contributed by atoms with E-state index in [9.17, 15) is 18.3 Å². The zero-order valence-corrected chi connectivity index (χ0v) is 15.8. The number of nitrogens with one attached hydrogen (secondary N) is 1. The lowest BCUT2D eigenvalue weighted by molar-refractivity contribution is -0.137. The number of piperidine rings is 1. The Balaban J connectivity index is 1.76. The fourth-order valence-corrected chi connectivity index (χ4v) is 4.35. The fourth-order valence-electron chi connectivity index (χ4n) is 3.24. The van der Waals surface area contributed by atoms with Gasteiger partial charge in [0.15, 0.2) is 0 Å². The number of aryl methyl sites for hydroxylation is 1. The Bertz CT molecular complexity index is 1010. The number of halogens is 3. The average Bonchev–Trinajstić information content (AvgIpc) is 3.04. The van der Waals surface area contributed by atoms with Crippen molar-refractivity contribution in [3.63, 3.8) is 0 Å². The maximum absolute atomic E-state index is 12.9. The second-order valence-corrected chi connectivity index (χ2v) is 8.00. The van der Waals surface area contributed by atoms with Crippen molar-refractivity contribution in [1.82, 2.24) is 25.1 Å². The van der Waals surface area contributed by atoms with Crippen molar-refractivity contribution in [2.45, 2.75) is 36.3 Å². The minimum Gasteiger partial charge on any atom is -0.507 e. The molecule has 1 aromatic carbocycles. The SMILES string of the molecule is Cc1cc2c(-c3ccc(C(F)(F)F)cc3O)nnc(S[C@@H]3CCCNC3)n2n1. The van der Waals surface area contributed by atoms with Crippen molar-refractivity contribution < 1.29 is 18.3 Å².